The summed E-state index contributed by atoms with van der Waals surface area (Å²) in [6, 6.07) is 2.38. The van der Waals surface area contributed by atoms with Gasteiger partial charge in [0.25, 0.3) is 5.69 Å². The average molecular weight is 350 g/mol. The predicted molar refractivity (Wildman–Crippen MR) is 85.9 cm³/mol. The van der Waals surface area contributed by atoms with Gasteiger partial charge in [-0.2, -0.15) is 0 Å². The number of esters is 1. The standard InChI is InChI=1S/C16H18N2O7/c1-5-23-15-6-11(13(18(20)21)7-14(15)22-4)16(19)24-8-12-9(2)17-25-10(12)3/h6-7H,5,8H2,1-4H3. The number of aromatic nitrogens is 1. The van der Waals surface area contributed by atoms with Crippen LogP contribution >= 0.6 is 0 Å². The van der Waals surface area contributed by atoms with Crippen LogP contribution in [0.5, 0.6) is 11.5 Å². The number of methoxy groups -OCH3 is 1. The number of rotatable bonds is 7. The van der Waals surface area contributed by atoms with E-state index < -0.39 is 16.6 Å². The second-order valence-corrected chi connectivity index (χ2v) is 5.09. The van der Waals surface area contributed by atoms with Gasteiger partial charge in [0.15, 0.2) is 11.5 Å². The molecule has 0 saturated heterocycles. The summed E-state index contributed by atoms with van der Waals surface area (Å²) in [5.41, 5.74) is 0.559. The Morgan fingerprint density at radius 3 is 2.56 bits per heavy atom. The molecule has 2 aromatic rings. The lowest BCUT2D eigenvalue weighted by molar-refractivity contribution is -0.385. The topological polar surface area (TPSA) is 114 Å². The predicted octanol–water partition coefficient (Wildman–Crippen LogP) is 2.96. The molecule has 0 radical (unpaired) electrons. The molecule has 9 nitrogen and oxygen atoms in total. The van der Waals surface area contributed by atoms with E-state index in [1.54, 1.807) is 20.8 Å². The maximum atomic E-state index is 12.4. The second-order valence-electron chi connectivity index (χ2n) is 5.09. The molecule has 0 spiro atoms. The van der Waals surface area contributed by atoms with Gasteiger partial charge in [0.2, 0.25) is 0 Å². The molecule has 0 atom stereocenters. The zero-order chi connectivity index (χ0) is 18.6. The lowest BCUT2D eigenvalue weighted by atomic mass is 10.1. The number of hydrogen-bond acceptors (Lipinski definition) is 8. The van der Waals surface area contributed by atoms with Crippen LogP contribution in [0.25, 0.3) is 0 Å². The molecule has 0 fully saturated rings. The second kappa shape index (κ2) is 7.65. The largest absolute Gasteiger partial charge is 0.493 e. The Kier molecular flexibility index (Phi) is 5.58. The Labute approximate surface area is 143 Å². The minimum Gasteiger partial charge on any atom is -0.493 e. The summed E-state index contributed by atoms with van der Waals surface area (Å²) in [7, 11) is 1.36. The van der Waals surface area contributed by atoms with Gasteiger partial charge in [0.05, 0.1) is 36.0 Å². The van der Waals surface area contributed by atoms with Gasteiger partial charge in [-0.15, -0.1) is 0 Å². The fourth-order valence-electron chi connectivity index (χ4n) is 2.22. The molecule has 0 aliphatic rings. The molecule has 134 valence electrons. The number of carbonyl (C=O) groups is 1. The molecule has 0 bridgehead atoms. The van der Waals surface area contributed by atoms with Gasteiger partial charge in [-0.3, -0.25) is 10.1 Å². The van der Waals surface area contributed by atoms with Crippen molar-refractivity contribution in [2.75, 3.05) is 13.7 Å². The van der Waals surface area contributed by atoms with Crippen molar-refractivity contribution < 1.29 is 28.5 Å². The first-order valence-electron chi connectivity index (χ1n) is 7.47. The minimum atomic E-state index is -0.852. The summed E-state index contributed by atoms with van der Waals surface area (Å²) in [5, 5.41) is 15.0. The van der Waals surface area contributed by atoms with Gasteiger partial charge in [0.1, 0.15) is 17.9 Å². The van der Waals surface area contributed by atoms with Gasteiger partial charge >= 0.3 is 5.97 Å². The molecule has 0 aliphatic heterocycles. The Hall–Kier alpha value is -3.10. The molecule has 1 aromatic carbocycles. The summed E-state index contributed by atoms with van der Waals surface area (Å²) < 4.78 is 20.6. The van der Waals surface area contributed by atoms with Gasteiger partial charge < -0.3 is 18.7 Å². The van der Waals surface area contributed by atoms with Crippen LogP contribution in [0, 0.1) is 24.0 Å². The number of hydrogen-bond donors (Lipinski definition) is 0. The van der Waals surface area contributed by atoms with Crippen molar-refractivity contribution in [2.45, 2.75) is 27.4 Å². The van der Waals surface area contributed by atoms with Crippen LogP contribution in [0.4, 0.5) is 5.69 Å². The summed E-state index contributed by atoms with van der Waals surface area (Å²) in [5.74, 6) is 0.0514. The van der Waals surface area contributed by atoms with Gasteiger partial charge in [-0.25, -0.2) is 4.79 Å². The fraction of sp³-hybridized carbons (Fsp3) is 0.375. The highest BCUT2D eigenvalue weighted by Gasteiger charge is 2.26. The molecule has 1 heterocycles. The van der Waals surface area contributed by atoms with Crippen LogP contribution in [-0.2, 0) is 11.3 Å². The molecule has 9 heteroatoms. The number of nitro groups is 1. The van der Waals surface area contributed by atoms with Crippen molar-refractivity contribution in [3.05, 3.63) is 44.8 Å². The normalized spacial score (nSPS) is 10.4. The first-order valence-corrected chi connectivity index (χ1v) is 7.47. The number of aryl methyl sites for hydroxylation is 2. The molecule has 0 amide bonds. The molecule has 0 unspecified atom stereocenters. The maximum absolute atomic E-state index is 12.4. The number of benzene rings is 1. The summed E-state index contributed by atoms with van der Waals surface area (Å²) in [6.07, 6.45) is 0. The van der Waals surface area contributed by atoms with E-state index >= 15 is 0 Å². The molecule has 25 heavy (non-hydrogen) atoms. The highest BCUT2D eigenvalue weighted by Crippen LogP contribution is 2.35. The van der Waals surface area contributed by atoms with E-state index in [1.807, 2.05) is 0 Å². The number of nitrogens with zero attached hydrogens (tertiary/aromatic N) is 2. The fourth-order valence-corrected chi connectivity index (χ4v) is 2.22. The highest BCUT2D eigenvalue weighted by molar-refractivity contribution is 5.95. The van der Waals surface area contributed by atoms with Gasteiger partial charge in [0, 0.05) is 6.07 Å². The van der Waals surface area contributed by atoms with Crippen LogP contribution < -0.4 is 9.47 Å². The third kappa shape index (κ3) is 3.87. The van der Waals surface area contributed by atoms with Gasteiger partial charge in [-0.1, -0.05) is 5.16 Å². The summed E-state index contributed by atoms with van der Waals surface area (Å²) >= 11 is 0. The zero-order valence-corrected chi connectivity index (χ0v) is 14.3. The van der Waals surface area contributed by atoms with E-state index in [-0.39, 0.29) is 23.7 Å². The molecular formula is C16H18N2O7. The average Bonchev–Trinajstić information content (AvgIpc) is 2.90. The van der Waals surface area contributed by atoms with E-state index in [0.717, 1.165) is 6.07 Å². The molecule has 1 aromatic heterocycles. The number of nitro benzene ring substituents is 1. The molecular weight excluding hydrogens is 332 g/mol. The quantitative estimate of drug-likeness (QED) is 0.425. The lowest BCUT2D eigenvalue weighted by Gasteiger charge is -2.11. The number of ether oxygens (including phenoxy) is 3. The molecule has 0 saturated carbocycles. The van der Waals surface area contributed by atoms with Crippen molar-refractivity contribution >= 4 is 11.7 Å². The first kappa shape index (κ1) is 18.2. The Morgan fingerprint density at radius 2 is 2.04 bits per heavy atom. The Balaban J connectivity index is 2.33. The van der Waals surface area contributed by atoms with Crippen molar-refractivity contribution in [1.82, 2.24) is 5.16 Å². The van der Waals surface area contributed by atoms with Crippen molar-refractivity contribution in [3.8, 4) is 11.5 Å². The van der Waals surface area contributed by atoms with Crippen molar-refractivity contribution in [3.63, 3.8) is 0 Å². The Bertz CT molecular complexity index is 779. The zero-order valence-electron chi connectivity index (χ0n) is 14.3. The van der Waals surface area contributed by atoms with Gasteiger partial charge in [-0.05, 0) is 20.8 Å². The molecule has 0 aliphatic carbocycles. The molecule has 0 N–H and O–H groups in total. The van der Waals surface area contributed by atoms with E-state index in [2.05, 4.69) is 5.16 Å². The van der Waals surface area contributed by atoms with Crippen LogP contribution in [0.15, 0.2) is 16.7 Å². The smallest absolute Gasteiger partial charge is 0.345 e. The van der Waals surface area contributed by atoms with E-state index in [1.165, 1.54) is 13.2 Å². The third-order valence-corrected chi connectivity index (χ3v) is 3.53. The highest BCUT2D eigenvalue weighted by atomic mass is 16.6. The maximum Gasteiger partial charge on any atom is 0.345 e. The monoisotopic (exact) mass is 350 g/mol. The summed E-state index contributed by atoms with van der Waals surface area (Å²) in [6.45, 7) is 5.35. The lowest BCUT2D eigenvalue weighted by Crippen LogP contribution is -2.10. The summed E-state index contributed by atoms with van der Waals surface area (Å²) in [4.78, 5) is 23.0. The molecule has 2 rings (SSSR count). The van der Waals surface area contributed by atoms with Crippen LogP contribution in [-0.4, -0.2) is 29.8 Å². The Morgan fingerprint density at radius 1 is 1.32 bits per heavy atom. The van der Waals surface area contributed by atoms with E-state index in [4.69, 9.17) is 18.7 Å². The SMILES string of the molecule is CCOc1cc(C(=O)OCc2c(C)noc2C)c([N+](=O)[O-])cc1OC. The number of carbonyl (C=O) groups excluding carboxylic acids is 1. The first-order chi connectivity index (χ1) is 11.9. The van der Waals surface area contributed by atoms with Crippen LogP contribution in [0.1, 0.15) is 34.3 Å². The van der Waals surface area contributed by atoms with Crippen molar-refractivity contribution in [1.29, 1.82) is 0 Å². The van der Waals surface area contributed by atoms with Crippen molar-refractivity contribution in [2.24, 2.45) is 0 Å². The third-order valence-electron chi connectivity index (χ3n) is 3.53. The van der Waals surface area contributed by atoms with E-state index in [9.17, 15) is 14.9 Å². The van der Waals surface area contributed by atoms with Crippen LogP contribution in [0.2, 0.25) is 0 Å². The van der Waals surface area contributed by atoms with Crippen LogP contribution in [0.3, 0.4) is 0 Å². The minimum absolute atomic E-state index is 0.104. The van der Waals surface area contributed by atoms with E-state index in [0.29, 0.717) is 23.6 Å².